The molecule has 0 saturated heterocycles. The molecular weight excluding hydrogens is 564 g/mol. The molecule has 0 fully saturated rings. The minimum absolute atomic E-state index is 0.549. The van der Waals surface area contributed by atoms with Crippen molar-refractivity contribution < 1.29 is 0 Å². The second kappa shape index (κ2) is 14.6. The van der Waals surface area contributed by atoms with Gasteiger partial charge in [0.05, 0.1) is 11.4 Å². The van der Waals surface area contributed by atoms with Gasteiger partial charge in [0, 0.05) is 21.9 Å². The first-order chi connectivity index (χ1) is 22.7. The van der Waals surface area contributed by atoms with Gasteiger partial charge in [-0.25, -0.2) is 0 Å². The van der Waals surface area contributed by atoms with Crippen molar-refractivity contribution >= 4 is 45.0 Å². The summed E-state index contributed by atoms with van der Waals surface area (Å²) in [7, 11) is 0. The van der Waals surface area contributed by atoms with E-state index in [9.17, 15) is 0 Å². The molecule has 0 spiro atoms. The summed E-state index contributed by atoms with van der Waals surface area (Å²) in [6, 6.07) is 48.7. The molecule has 0 atom stereocenters. The topological polar surface area (TPSA) is 74.6 Å². The van der Waals surface area contributed by atoms with E-state index < -0.39 is 0 Å². The molecule has 46 heavy (non-hydrogen) atoms. The zero-order valence-electron chi connectivity index (χ0n) is 25.8. The summed E-state index contributed by atoms with van der Waals surface area (Å²) >= 11 is 0. The van der Waals surface area contributed by atoms with E-state index in [-0.39, 0.29) is 0 Å². The van der Waals surface area contributed by atoms with Crippen LogP contribution in [0.1, 0.15) is 36.1 Å². The highest BCUT2D eigenvalue weighted by atomic mass is 15.4. The molecule has 6 aromatic rings. The second-order valence-corrected chi connectivity index (χ2v) is 10.8. The van der Waals surface area contributed by atoms with Gasteiger partial charge in [0.2, 0.25) is 0 Å². The van der Waals surface area contributed by atoms with Crippen molar-refractivity contribution in [2.45, 2.75) is 13.8 Å². The van der Waals surface area contributed by atoms with Gasteiger partial charge in [-0.05, 0) is 48.3 Å². The van der Waals surface area contributed by atoms with E-state index in [4.69, 9.17) is 10.2 Å². The molecule has 2 N–H and O–H groups in total. The van der Waals surface area contributed by atoms with Crippen LogP contribution in [-0.2, 0) is 0 Å². The number of hydrazone groups is 2. The van der Waals surface area contributed by atoms with Gasteiger partial charge in [-0.3, -0.25) is 10.9 Å². The van der Waals surface area contributed by atoms with Crippen molar-refractivity contribution in [3.8, 4) is 0 Å². The Bertz CT molecular complexity index is 1880. The van der Waals surface area contributed by atoms with Crippen molar-refractivity contribution in [2.24, 2.45) is 10.2 Å². The number of hydrogen-bond donors (Lipinski definition) is 2. The molecule has 0 aliphatic rings. The number of anilines is 2. The Labute approximate surface area is 269 Å². The minimum atomic E-state index is 0.549. The Morgan fingerprint density at radius 1 is 0.435 bits per heavy atom. The van der Waals surface area contributed by atoms with Crippen LogP contribution in [-0.4, -0.2) is 21.6 Å². The van der Waals surface area contributed by atoms with Crippen LogP contribution in [0.2, 0.25) is 0 Å². The Balaban J connectivity index is 1.34. The van der Waals surface area contributed by atoms with E-state index >= 15 is 0 Å². The summed E-state index contributed by atoms with van der Waals surface area (Å²) in [6.45, 7) is 4.18. The smallest absolute Gasteiger partial charge is 0.176 e. The zero-order valence-corrected chi connectivity index (χ0v) is 25.8. The number of rotatable bonds is 10. The molecule has 6 rings (SSSR count). The molecular formula is C40H34N6. The second-order valence-electron chi connectivity index (χ2n) is 10.8. The maximum Gasteiger partial charge on any atom is 0.176 e. The van der Waals surface area contributed by atoms with Crippen LogP contribution >= 0.6 is 0 Å². The molecule has 0 bridgehead atoms. The Morgan fingerprint density at radius 3 is 1.09 bits per heavy atom. The van der Waals surface area contributed by atoms with Crippen molar-refractivity contribution in [3.63, 3.8) is 0 Å². The molecule has 224 valence electrons. The molecule has 1 heterocycles. The lowest BCUT2D eigenvalue weighted by atomic mass is 10.0. The normalized spacial score (nSPS) is 12.7. The average molecular weight is 599 g/mol. The van der Waals surface area contributed by atoms with Crippen molar-refractivity contribution in [2.75, 3.05) is 10.9 Å². The standard InChI is InChI=1S/C40H34N6/c1-29(31-17-7-3-8-18-31)27-37(33-21-11-5-12-22-33)41-43-39-35-25-15-16-26-36(35)40(46-45-39)44-42-38(34-23-13-6-14-24-34)28-30(2)32-19-9-4-10-20-32/h3-28H,1-2H3,(H,43,45)(H,44,46). The van der Waals surface area contributed by atoms with Crippen LogP contribution < -0.4 is 10.9 Å². The minimum Gasteiger partial charge on any atom is -0.259 e. The quantitative estimate of drug-likeness (QED) is 0.122. The van der Waals surface area contributed by atoms with Crippen molar-refractivity contribution in [1.82, 2.24) is 10.2 Å². The summed E-state index contributed by atoms with van der Waals surface area (Å²) in [5, 5.41) is 20.4. The van der Waals surface area contributed by atoms with Crippen molar-refractivity contribution in [1.29, 1.82) is 0 Å². The lowest BCUT2D eigenvalue weighted by Gasteiger charge is -2.11. The van der Waals surface area contributed by atoms with Crippen LogP contribution in [0.3, 0.4) is 0 Å². The number of fused-ring (bicyclic) bond motifs is 1. The summed E-state index contributed by atoms with van der Waals surface area (Å²) in [4.78, 5) is 0. The van der Waals surface area contributed by atoms with E-state index in [0.29, 0.717) is 11.6 Å². The first-order valence-electron chi connectivity index (χ1n) is 15.2. The molecule has 0 aliphatic carbocycles. The molecule has 0 unspecified atom stereocenters. The molecule has 0 saturated carbocycles. The molecule has 5 aromatic carbocycles. The van der Waals surface area contributed by atoms with Gasteiger partial charge >= 0.3 is 0 Å². The molecule has 0 aliphatic heterocycles. The van der Waals surface area contributed by atoms with Crippen molar-refractivity contribution in [3.05, 3.63) is 180 Å². The number of nitrogens with zero attached hydrogens (tertiary/aromatic N) is 4. The van der Waals surface area contributed by atoms with E-state index in [1.165, 1.54) is 0 Å². The van der Waals surface area contributed by atoms with E-state index in [1.54, 1.807) is 0 Å². The number of benzene rings is 5. The number of aromatic nitrogens is 2. The summed E-state index contributed by atoms with van der Waals surface area (Å²) < 4.78 is 0. The van der Waals surface area contributed by atoms with Crippen LogP contribution in [0.5, 0.6) is 0 Å². The molecule has 0 radical (unpaired) electrons. The van der Waals surface area contributed by atoms with E-state index in [2.05, 4.69) is 71.3 Å². The average Bonchev–Trinajstić information content (AvgIpc) is 3.13. The van der Waals surface area contributed by atoms with Crippen LogP contribution in [0.25, 0.3) is 21.9 Å². The number of allylic oxidation sites excluding steroid dienone is 4. The van der Waals surface area contributed by atoms with Gasteiger partial charge in [-0.2, -0.15) is 10.2 Å². The zero-order chi connectivity index (χ0) is 31.6. The predicted molar refractivity (Wildman–Crippen MR) is 193 cm³/mol. The first kappa shape index (κ1) is 29.9. The molecule has 0 amide bonds. The summed E-state index contributed by atoms with van der Waals surface area (Å²) in [5.41, 5.74) is 14.4. The molecule has 1 aromatic heterocycles. The third kappa shape index (κ3) is 7.31. The Hall–Kier alpha value is -6.14. The Morgan fingerprint density at radius 2 is 0.739 bits per heavy atom. The van der Waals surface area contributed by atoms with E-state index in [0.717, 1.165) is 55.6 Å². The lowest BCUT2D eigenvalue weighted by Crippen LogP contribution is -2.07. The first-order valence-corrected chi connectivity index (χ1v) is 15.2. The summed E-state index contributed by atoms with van der Waals surface area (Å²) in [6.07, 6.45) is 4.15. The SMILES string of the molecule is CC(=CC(=NNc1nnc(NN=C(C=C(C)c2ccccc2)c2ccccc2)c2ccccc12)c1ccccc1)c1ccccc1. The highest BCUT2D eigenvalue weighted by Gasteiger charge is 2.11. The van der Waals surface area contributed by atoms with Gasteiger partial charge in [0.1, 0.15) is 0 Å². The van der Waals surface area contributed by atoms with Crippen LogP contribution in [0.4, 0.5) is 11.6 Å². The van der Waals surface area contributed by atoms with Gasteiger partial charge in [0.15, 0.2) is 11.6 Å². The lowest BCUT2D eigenvalue weighted by molar-refractivity contribution is 1.03. The predicted octanol–water partition coefficient (Wildman–Crippen LogP) is 9.47. The fourth-order valence-corrected chi connectivity index (χ4v) is 5.05. The highest BCUT2D eigenvalue weighted by Crippen LogP contribution is 2.27. The van der Waals surface area contributed by atoms with Gasteiger partial charge in [0.25, 0.3) is 0 Å². The molecule has 6 heteroatoms. The van der Waals surface area contributed by atoms with Crippen LogP contribution in [0, 0.1) is 0 Å². The van der Waals surface area contributed by atoms with E-state index in [1.807, 2.05) is 121 Å². The highest BCUT2D eigenvalue weighted by molar-refractivity contribution is 6.13. The third-order valence-corrected chi connectivity index (χ3v) is 7.56. The van der Waals surface area contributed by atoms with Gasteiger partial charge in [-0.15, -0.1) is 10.2 Å². The maximum absolute atomic E-state index is 4.82. The fraction of sp³-hybridized carbons (Fsp3) is 0.0500. The number of hydrogen-bond acceptors (Lipinski definition) is 6. The monoisotopic (exact) mass is 598 g/mol. The maximum atomic E-state index is 4.82. The van der Waals surface area contributed by atoms with Gasteiger partial charge < -0.3 is 0 Å². The van der Waals surface area contributed by atoms with Crippen LogP contribution in [0.15, 0.2) is 168 Å². The largest absolute Gasteiger partial charge is 0.259 e. The fourth-order valence-electron chi connectivity index (χ4n) is 5.05. The number of nitrogens with one attached hydrogen (secondary N) is 2. The molecule has 6 nitrogen and oxygen atoms in total. The summed E-state index contributed by atoms with van der Waals surface area (Å²) in [5.74, 6) is 1.10. The third-order valence-electron chi connectivity index (χ3n) is 7.56. The Kier molecular flexibility index (Phi) is 9.46. The van der Waals surface area contributed by atoms with Gasteiger partial charge in [-0.1, -0.05) is 146 Å².